The summed E-state index contributed by atoms with van der Waals surface area (Å²) in [5.41, 5.74) is 2.08. The highest BCUT2D eigenvalue weighted by atomic mass is 32.1. The van der Waals surface area contributed by atoms with Crippen LogP contribution in [0.4, 0.5) is 0 Å². The number of carbonyl (C=O) groups excluding carboxylic acids is 2. The van der Waals surface area contributed by atoms with Crippen LogP contribution in [0.25, 0.3) is 0 Å². The Morgan fingerprint density at radius 2 is 2.17 bits per heavy atom. The highest BCUT2D eigenvalue weighted by molar-refractivity contribution is 7.14. The van der Waals surface area contributed by atoms with E-state index >= 15 is 0 Å². The van der Waals surface area contributed by atoms with E-state index in [2.05, 4.69) is 17.3 Å². The summed E-state index contributed by atoms with van der Waals surface area (Å²) >= 11 is 1.49. The Morgan fingerprint density at radius 1 is 1.43 bits per heavy atom. The summed E-state index contributed by atoms with van der Waals surface area (Å²) in [6, 6.07) is 1.88. The highest BCUT2D eigenvalue weighted by Crippen LogP contribution is 2.22. The number of aromatic nitrogens is 2. The van der Waals surface area contributed by atoms with Crippen LogP contribution in [-0.2, 0) is 24.8 Å². The van der Waals surface area contributed by atoms with E-state index in [4.69, 9.17) is 0 Å². The van der Waals surface area contributed by atoms with Gasteiger partial charge in [-0.3, -0.25) is 14.3 Å². The van der Waals surface area contributed by atoms with E-state index in [1.54, 1.807) is 22.8 Å². The Morgan fingerprint density at radius 3 is 2.74 bits per heavy atom. The smallest absolute Gasteiger partial charge is 0.261 e. The van der Waals surface area contributed by atoms with Crippen molar-refractivity contribution in [2.45, 2.75) is 26.8 Å². The first-order valence-electron chi connectivity index (χ1n) is 7.49. The predicted octanol–water partition coefficient (Wildman–Crippen LogP) is 1.74. The van der Waals surface area contributed by atoms with E-state index in [1.165, 1.54) is 16.2 Å². The number of hydrogen-bond donors (Lipinski definition) is 1. The number of amides is 2. The molecule has 2 heterocycles. The number of rotatable bonds is 6. The molecule has 0 bridgehead atoms. The van der Waals surface area contributed by atoms with Crippen molar-refractivity contribution in [3.8, 4) is 0 Å². The lowest BCUT2D eigenvalue weighted by atomic mass is 10.2. The lowest BCUT2D eigenvalue weighted by molar-refractivity contribution is -0.129. The van der Waals surface area contributed by atoms with Crippen LogP contribution in [-0.4, -0.2) is 40.1 Å². The van der Waals surface area contributed by atoms with Gasteiger partial charge in [0.2, 0.25) is 5.91 Å². The molecule has 2 amide bonds. The van der Waals surface area contributed by atoms with Crippen molar-refractivity contribution in [1.29, 1.82) is 0 Å². The molecule has 0 fully saturated rings. The van der Waals surface area contributed by atoms with Crippen LogP contribution >= 0.6 is 11.3 Å². The van der Waals surface area contributed by atoms with Crippen LogP contribution in [0.15, 0.2) is 18.5 Å². The van der Waals surface area contributed by atoms with Gasteiger partial charge in [-0.25, -0.2) is 0 Å². The SMILES string of the molecule is CCc1sc(C(=O)NCC(=O)N(C)Cc2cnn(C)c2)cc1C. The lowest BCUT2D eigenvalue weighted by Gasteiger charge is -2.16. The molecule has 6 nitrogen and oxygen atoms in total. The summed E-state index contributed by atoms with van der Waals surface area (Å²) in [5.74, 6) is -0.327. The normalized spacial score (nSPS) is 10.6. The average Bonchev–Trinajstić information content (AvgIpc) is 3.09. The molecular formula is C16H22N4O2S. The quantitative estimate of drug-likeness (QED) is 0.875. The molecule has 0 saturated heterocycles. The van der Waals surface area contributed by atoms with Crippen molar-refractivity contribution in [2.75, 3.05) is 13.6 Å². The van der Waals surface area contributed by atoms with Crippen molar-refractivity contribution >= 4 is 23.2 Å². The third-order valence-corrected chi connectivity index (χ3v) is 4.95. The lowest BCUT2D eigenvalue weighted by Crippen LogP contribution is -2.37. The molecule has 0 spiro atoms. The molecule has 0 aliphatic carbocycles. The summed E-state index contributed by atoms with van der Waals surface area (Å²) in [4.78, 5) is 27.7. The fraction of sp³-hybridized carbons (Fsp3) is 0.438. The van der Waals surface area contributed by atoms with Crippen molar-refractivity contribution in [2.24, 2.45) is 7.05 Å². The number of hydrogen-bond acceptors (Lipinski definition) is 4. The second kappa shape index (κ2) is 7.41. The number of carbonyl (C=O) groups is 2. The Hall–Kier alpha value is -2.15. The molecule has 0 saturated carbocycles. The third kappa shape index (κ3) is 4.41. The zero-order valence-electron chi connectivity index (χ0n) is 13.9. The van der Waals surface area contributed by atoms with E-state index < -0.39 is 0 Å². The molecule has 0 aromatic carbocycles. The first-order valence-corrected chi connectivity index (χ1v) is 8.31. The fourth-order valence-corrected chi connectivity index (χ4v) is 3.31. The number of likely N-dealkylation sites (N-methyl/N-ethyl adjacent to an activating group) is 1. The zero-order chi connectivity index (χ0) is 17.0. The Bertz CT molecular complexity index is 705. The molecule has 1 N–H and O–H groups in total. The molecule has 23 heavy (non-hydrogen) atoms. The number of thiophene rings is 1. The van der Waals surface area contributed by atoms with Gasteiger partial charge in [0.25, 0.3) is 5.91 Å². The highest BCUT2D eigenvalue weighted by Gasteiger charge is 2.15. The first kappa shape index (κ1) is 17.2. The molecule has 0 atom stereocenters. The minimum atomic E-state index is -0.194. The van der Waals surface area contributed by atoms with Crippen LogP contribution in [0.2, 0.25) is 0 Å². The van der Waals surface area contributed by atoms with E-state index in [0.29, 0.717) is 11.4 Å². The van der Waals surface area contributed by atoms with Crippen LogP contribution in [0.5, 0.6) is 0 Å². The molecule has 2 aromatic rings. The van der Waals surface area contributed by atoms with Gasteiger partial charge in [0.1, 0.15) is 0 Å². The van der Waals surface area contributed by atoms with Crippen LogP contribution in [0.1, 0.15) is 32.6 Å². The maximum Gasteiger partial charge on any atom is 0.261 e. The molecular weight excluding hydrogens is 312 g/mol. The van der Waals surface area contributed by atoms with E-state index in [9.17, 15) is 9.59 Å². The molecule has 124 valence electrons. The van der Waals surface area contributed by atoms with E-state index in [0.717, 1.165) is 17.5 Å². The zero-order valence-corrected chi connectivity index (χ0v) is 14.7. The monoisotopic (exact) mass is 334 g/mol. The summed E-state index contributed by atoms with van der Waals surface area (Å²) < 4.78 is 1.69. The summed E-state index contributed by atoms with van der Waals surface area (Å²) in [5, 5.41) is 6.77. The molecule has 0 radical (unpaired) electrons. The molecule has 0 aliphatic heterocycles. The maximum atomic E-state index is 12.1. The van der Waals surface area contributed by atoms with Gasteiger partial charge in [-0.1, -0.05) is 6.92 Å². The summed E-state index contributed by atoms with van der Waals surface area (Å²) in [6.45, 7) is 4.53. The summed E-state index contributed by atoms with van der Waals surface area (Å²) in [7, 11) is 3.55. The van der Waals surface area contributed by atoms with Gasteiger partial charge in [0.15, 0.2) is 0 Å². The second-order valence-electron chi connectivity index (χ2n) is 5.53. The molecule has 0 aliphatic rings. The average molecular weight is 334 g/mol. The molecule has 7 heteroatoms. The molecule has 0 unspecified atom stereocenters. The van der Waals surface area contributed by atoms with Gasteiger partial charge in [-0.2, -0.15) is 5.10 Å². The molecule has 2 aromatic heterocycles. The van der Waals surface area contributed by atoms with Gasteiger partial charge in [-0.05, 0) is 25.0 Å². The third-order valence-electron chi connectivity index (χ3n) is 3.57. The summed E-state index contributed by atoms with van der Waals surface area (Å²) in [6.07, 6.45) is 4.50. The Balaban J connectivity index is 1.86. The minimum absolute atomic E-state index is 0.00595. The van der Waals surface area contributed by atoms with Crippen molar-refractivity contribution < 1.29 is 9.59 Å². The Labute approximate surface area is 140 Å². The number of nitrogens with one attached hydrogen (secondary N) is 1. The van der Waals surface area contributed by atoms with Gasteiger partial charge in [0, 0.05) is 37.3 Å². The van der Waals surface area contributed by atoms with E-state index in [1.807, 2.05) is 26.2 Å². The topological polar surface area (TPSA) is 67.2 Å². The predicted molar refractivity (Wildman–Crippen MR) is 90.4 cm³/mol. The second-order valence-corrected chi connectivity index (χ2v) is 6.66. The largest absolute Gasteiger partial charge is 0.342 e. The van der Waals surface area contributed by atoms with Crippen molar-refractivity contribution in [3.05, 3.63) is 39.3 Å². The fourth-order valence-electron chi connectivity index (χ4n) is 2.28. The van der Waals surface area contributed by atoms with Gasteiger partial charge in [-0.15, -0.1) is 11.3 Å². The standard InChI is InChI=1S/C16H22N4O2S/c1-5-13-11(2)6-14(23-13)16(22)17-8-15(21)19(3)9-12-7-18-20(4)10-12/h6-7,10H,5,8-9H2,1-4H3,(H,17,22). The van der Waals surface area contributed by atoms with Crippen molar-refractivity contribution in [1.82, 2.24) is 20.0 Å². The van der Waals surface area contributed by atoms with Crippen LogP contribution in [0.3, 0.4) is 0 Å². The Kier molecular flexibility index (Phi) is 5.54. The van der Waals surface area contributed by atoms with Crippen molar-refractivity contribution in [3.63, 3.8) is 0 Å². The van der Waals surface area contributed by atoms with E-state index in [-0.39, 0.29) is 18.4 Å². The first-order chi connectivity index (χ1) is 10.9. The van der Waals surface area contributed by atoms with Crippen LogP contribution < -0.4 is 5.32 Å². The number of aryl methyl sites for hydroxylation is 3. The van der Waals surface area contributed by atoms with Gasteiger partial charge in [0.05, 0.1) is 17.6 Å². The molecule has 2 rings (SSSR count). The van der Waals surface area contributed by atoms with Gasteiger partial charge < -0.3 is 10.2 Å². The van der Waals surface area contributed by atoms with Crippen LogP contribution in [0, 0.1) is 6.92 Å². The van der Waals surface area contributed by atoms with Gasteiger partial charge >= 0.3 is 0 Å². The minimum Gasteiger partial charge on any atom is -0.342 e. The number of nitrogens with zero attached hydrogens (tertiary/aromatic N) is 3. The maximum absolute atomic E-state index is 12.1.